The van der Waals surface area contributed by atoms with Crippen molar-refractivity contribution in [2.75, 3.05) is 0 Å². The van der Waals surface area contributed by atoms with E-state index in [-0.39, 0.29) is 11.5 Å². The molecule has 0 saturated heterocycles. The van der Waals surface area contributed by atoms with Gasteiger partial charge >= 0.3 is 11.7 Å². The van der Waals surface area contributed by atoms with Crippen LogP contribution in [-0.4, -0.2) is 37.2 Å². The molecule has 1 rings (SSSR count). The summed E-state index contributed by atoms with van der Waals surface area (Å²) in [6.45, 7) is 3.44. The Morgan fingerprint density at radius 1 is 1.22 bits per heavy atom. The molecule has 0 aliphatic heterocycles. The van der Waals surface area contributed by atoms with E-state index >= 15 is 0 Å². The molecule has 9 heteroatoms. The number of benzene rings is 1. The molecular formula is C14H17F2NO5S. The number of hydrogen-bond donors (Lipinski definition) is 2. The van der Waals surface area contributed by atoms with Gasteiger partial charge in [-0.2, -0.15) is 8.78 Å². The molecule has 0 unspecified atom stereocenters. The van der Waals surface area contributed by atoms with Crippen LogP contribution in [0.25, 0.3) is 0 Å². The lowest BCUT2D eigenvalue weighted by molar-refractivity contribution is -0.140. The average molecular weight is 349 g/mol. The normalized spacial score (nSPS) is 14.3. The fraction of sp³-hybridized carbons (Fsp3) is 0.429. The molecule has 0 aliphatic carbocycles. The van der Waals surface area contributed by atoms with E-state index in [1.807, 2.05) is 0 Å². The minimum Gasteiger partial charge on any atom is -0.480 e. The zero-order chi connectivity index (χ0) is 17.8. The summed E-state index contributed by atoms with van der Waals surface area (Å²) in [4.78, 5) is 22.5. The van der Waals surface area contributed by atoms with Crippen LogP contribution in [0.3, 0.4) is 0 Å². The van der Waals surface area contributed by atoms with Crippen LogP contribution in [0.15, 0.2) is 29.2 Å². The Morgan fingerprint density at radius 3 is 2.13 bits per heavy atom. The maximum atomic E-state index is 12.4. The van der Waals surface area contributed by atoms with Crippen LogP contribution in [0.4, 0.5) is 8.78 Å². The Labute approximate surface area is 132 Å². The summed E-state index contributed by atoms with van der Waals surface area (Å²) in [5.74, 6) is -5.78. The first-order valence-electron chi connectivity index (χ1n) is 6.77. The minimum atomic E-state index is -4.73. The second-order valence-electron chi connectivity index (χ2n) is 5.00. The van der Waals surface area contributed by atoms with Gasteiger partial charge < -0.3 is 10.4 Å². The number of carboxylic acid groups (broad SMARTS) is 1. The Balaban J connectivity index is 2.96. The Hall–Kier alpha value is -2.03. The van der Waals surface area contributed by atoms with E-state index in [2.05, 4.69) is 5.32 Å². The second kappa shape index (κ2) is 7.49. The third-order valence-electron chi connectivity index (χ3n) is 3.45. The fourth-order valence-electron chi connectivity index (χ4n) is 1.81. The molecule has 0 fully saturated rings. The van der Waals surface area contributed by atoms with Gasteiger partial charge in [-0.15, -0.1) is 0 Å². The SMILES string of the molecule is CC[C@H](C)[C@H](NC(=O)c1ccc(S(=O)(=O)C(F)F)cc1)C(=O)O. The Bertz CT molecular complexity index is 673. The predicted octanol–water partition coefficient (Wildman–Crippen LogP) is 1.91. The van der Waals surface area contributed by atoms with E-state index < -0.39 is 38.4 Å². The van der Waals surface area contributed by atoms with Crippen LogP contribution >= 0.6 is 0 Å². The molecule has 23 heavy (non-hydrogen) atoms. The topological polar surface area (TPSA) is 101 Å². The smallest absolute Gasteiger partial charge is 0.341 e. The predicted molar refractivity (Wildman–Crippen MR) is 78.0 cm³/mol. The van der Waals surface area contributed by atoms with E-state index in [1.165, 1.54) is 0 Å². The molecule has 0 saturated carbocycles. The molecule has 0 spiro atoms. The lowest BCUT2D eigenvalue weighted by atomic mass is 9.99. The maximum Gasteiger partial charge on any atom is 0.341 e. The van der Waals surface area contributed by atoms with E-state index in [0.29, 0.717) is 6.42 Å². The molecule has 0 heterocycles. The molecule has 1 aromatic carbocycles. The van der Waals surface area contributed by atoms with E-state index in [1.54, 1.807) is 13.8 Å². The number of amides is 1. The summed E-state index contributed by atoms with van der Waals surface area (Å²) in [5, 5.41) is 11.4. The van der Waals surface area contributed by atoms with Crippen LogP contribution in [0.1, 0.15) is 30.6 Å². The van der Waals surface area contributed by atoms with Crippen molar-refractivity contribution in [3.8, 4) is 0 Å². The number of halogens is 2. The third-order valence-corrected chi connectivity index (χ3v) is 4.84. The first kappa shape index (κ1) is 19.0. The summed E-state index contributed by atoms with van der Waals surface area (Å²) >= 11 is 0. The number of rotatable bonds is 7. The molecule has 1 amide bonds. The van der Waals surface area contributed by atoms with Crippen LogP contribution in [0, 0.1) is 5.92 Å². The van der Waals surface area contributed by atoms with Crippen LogP contribution in [0.5, 0.6) is 0 Å². The Morgan fingerprint density at radius 2 is 1.74 bits per heavy atom. The third kappa shape index (κ3) is 4.47. The standard InChI is InChI=1S/C14H17F2NO5S/c1-3-8(2)11(13(19)20)17-12(18)9-4-6-10(7-5-9)23(21,22)14(15)16/h4-8,11,14H,3H2,1-2H3,(H,17,18)(H,19,20)/t8-,11-/m0/s1. The minimum absolute atomic E-state index is 0.0206. The van der Waals surface area contributed by atoms with E-state index in [4.69, 9.17) is 5.11 Å². The van der Waals surface area contributed by atoms with Gasteiger partial charge in [-0.1, -0.05) is 20.3 Å². The number of carboxylic acids is 1. The van der Waals surface area contributed by atoms with Crippen molar-refractivity contribution in [3.63, 3.8) is 0 Å². The molecule has 0 aromatic heterocycles. The van der Waals surface area contributed by atoms with Gasteiger partial charge in [0, 0.05) is 5.56 Å². The maximum absolute atomic E-state index is 12.4. The summed E-state index contributed by atoms with van der Waals surface area (Å²) in [6.07, 6.45) is 0.531. The molecule has 128 valence electrons. The molecule has 0 aliphatic rings. The van der Waals surface area contributed by atoms with E-state index in [9.17, 15) is 26.8 Å². The van der Waals surface area contributed by atoms with Gasteiger partial charge in [0.1, 0.15) is 6.04 Å². The summed E-state index contributed by atoms with van der Waals surface area (Å²) in [7, 11) is -4.73. The lowest BCUT2D eigenvalue weighted by Gasteiger charge is -2.20. The zero-order valence-corrected chi connectivity index (χ0v) is 13.3. The van der Waals surface area contributed by atoms with Crippen molar-refractivity contribution in [2.24, 2.45) is 5.92 Å². The van der Waals surface area contributed by atoms with Crippen LogP contribution in [0.2, 0.25) is 0 Å². The Kier molecular flexibility index (Phi) is 6.20. The number of aliphatic carboxylic acids is 1. The number of sulfone groups is 1. The zero-order valence-electron chi connectivity index (χ0n) is 12.5. The van der Waals surface area contributed by atoms with Gasteiger partial charge in [0.05, 0.1) is 4.90 Å². The van der Waals surface area contributed by atoms with Crippen molar-refractivity contribution in [2.45, 2.75) is 37.0 Å². The number of carbonyl (C=O) groups excluding carboxylic acids is 1. The fourth-order valence-corrected chi connectivity index (χ4v) is 2.53. The summed E-state index contributed by atoms with van der Waals surface area (Å²) < 4.78 is 47.4. The van der Waals surface area contributed by atoms with E-state index in [0.717, 1.165) is 24.3 Å². The summed E-state index contributed by atoms with van der Waals surface area (Å²) in [6, 6.07) is 2.78. The van der Waals surface area contributed by atoms with Crippen molar-refractivity contribution >= 4 is 21.7 Å². The van der Waals surface area contributed by atoms with Gasteiger partial charge in [-0.25, -0.2) is 13.2 Å². The van der Waals surface area contributed by atoms with Gasteiger partial charge in [0.2, 0.25) is 9.84 Å². The molecule has 0 radical (unpaired) electrons. The van der Waals surface area contributed by atoms with Crippen molar-refractivity contribution in [1.82, 2.24) is 5.32 Å². The largest absolute Gasteiger partial charge is 0.480 e. The molecule has 2 atom stereocenters. The van der Waals surface area contributed by atoms with Gasteiger partial charge in [-0.05, 0) is 30.2 Å². The van der Waals surface area contributed by atoms with Crippen molar-refractivity contribution in [3.05, 3.63) is 29.8 Å². The molecule has 1 aromatic rings. The second-order valence-corrected chi connectivity index (χ2v) is 6.92. The number of carbonyl (C=O) groups is 2. The van der Waals surface area contributed by atoms with Crippen molar-refractivity contribution in [1.29, 1.82) is 0 Å². The van der Waals surface area contributed by atoms with Gasteiger partial charge in [-0.3, -0.25) is 4.79 Å². The number of hydrogen-bond acceptors (Lipinski definition) is 4. The molecule has 2 N–H and O–H groups in total. The highest BCUT2D eigenvalue weighted by atomic mass is 32.2. The monoisotopic (exact) mass is 349 g/mol. The van der Waals surface area contributed by atoms with Crippen LogP contribution < -0.4 is 5.32 Å². The number of nitrogens with one attached hydrogen (secondary N) is 1. The first-order chi connectivity index (χ1) is 10.6. The quantitative estimate of drug-likeness (QED) is 0.783. The molecular weight excluding hydrogens is 332 g/mol. The van der Waals surface area contributed by atoms with Gasteiger partial charge in [0.15, 0.2) is 0 Å². The lowest BCUT2D eigenvalue weighted by Crippen LogP contribution is -2.45. The highest BCUT2D eigenvalue weighted by Crippen LogP contribution is 2.19. The first-order valence-corrected chi connectivity index (χ1v) is 8.31. The van der Waals surface area contributed by atoms with Gasteiger partial charge in [0.25, 0.3) is 5.91 Å². The summed E-state index contributed by atoms with van der Waals surface area (Å²) in [5.41, 5.74) is -0.0206. The van der Waals surface area contributed by atoms with Crippen molar-refractivity contribution < 1.29 is 31.9 Å². The van der Waals surface area contributed by atoms with Crippen LogP contribution in [-0.2, 0) is 14.6 Å². The molecule has 6 nitrogen and oxygen atoms in total. The highest BCUT2D eigenvalue weighted by Gasteiger charge is 2.28. The number of alkyl halides is 2. The highest BCUT2D eigenvalue weighted by molar-refractivity contribution is 7.91. The molecule has 0 bridgehead atoms. The average Bonchev–Trinajstić information content (AvgIpc) is 2.51.